The largest absolute Gasteiger partial charge is 0.228 e. The normalized spacial score (nSPS) is 11.7. The van der Waals surface area contributed by atoms with Crippen molar-refractivity contribution in [1.82, 2.24) is 0 Å². The highest BCUT2D eigenvalue weighted by Gasteiger charge is 2.15. The van der Waals surface area contributed by atoms with Crippen molar-refractivity contribution in [1.29, 1.82) is 0 Å². The molecule has 0 unspecified atom stereocenters. The highest BCUT2D eigenvalue weighted by atomic mass is 32.2. The van der Waals surface area contributed by atoms with Gasteiger partial charge in [-0.25, -0.2) is 22.3 Å². The van der Waals surface area contributed by atoms with Crippen LogP contribution in [0, 0.1) is 18.6 Å². The van der Waals surface area contributed by atoms with Crippen LogP contribution >= 0.6 is 0 Å². The maximum atomic E-state index is 13.1. The molecule has 0 aliphatic rings. The minimum atomic E-state index is -3.92. The number of primary sulfonamides is 1. The second kappa shape index (κ2) is 3.62. The van der Waals surface area contributed by atoms with Gasteiger partial charge in [0.1, 0.15) is 11.6 Å². The second-order valence-corrected chi connectivity index (χ2v) is 4.63. The van der Waals surface area contributed by atoms with Crippen LogP contribution in [0.15, 0.2) is 12.1 Å². The summed E-state index contributed by atoms with van der Waals surface area (Å²) in [6.45, 7) is 1.51. The minimum absolute atomic E-state index is 0.387. The monoisotopic (exact) mass is 221 g/mol. The van der Waals surface area contributed by atoms with Gasteiger partial charge in [-0.05, 0) is 24.6 Å². The summed E-state index contributed by atoms with van der Waals surface area (Å²) < 4.78 is 47.4. The molecule has 0 heterocycles. The summed E-state index contributed by atoms with van der Waals surface area (Å²) in [4.78, 5) is 0. The van der Waals surface area contributed by atoms with Crippen molar-refractivity contribution >= 4 is 10.0 Å². The van der Waals surface area contributed by atoms with Crippen molar-refractivity contribution < 1.29 is 17.2 Å². The number of hydrogen-bond acceptors (Lipinski definition) is 2. The van der Waals surface area contributed by atoms with Crippen LogP contribution in [0.2, 0.25) is 0 Å². The van der Waals surface area contributed by atoms with E-state index in [1.807, 2.05) is 0 Å². The summed E-state index contributed by atoms with van der Waals surface area (Å²) in [7, 11) is -3.92. The van der Waals surface area contributed by atoms with E-state index in [2.05, 4.69) is 5.14 Å². The number of rotatable bonds is 2. The molecular formula is C8H9F2NO2S. The van der Waals surface area contributed by atoms with E-state index in [4.69, 9.17) is 0 Å². The van der Waals surface area contributed by atoms with Crippen LogP contribution in [0.25, 0.3) is 0 Å². The lowest BCUT2D eigenvalue weighted by Gasteiger charge is -2.04. The summed E-state index contributed by atoms with van der Waals surface area (Å²) in [5, 5.41) is 4.68. The highest BCUT2D eigenvalue weighted by Crippen LogP contribution is 2.16. The Kier molecular flexibility index (Phi) is 2.86. The molecule has 6 heteroatoms. The molecule has 0 fully saturated rings. The van der Waals surface area contributed by atoms with E-state index in [1.165, 1.54) is 6.92 Å². The van der Waals surface area contributed by atoms with E-state index >= 15 is 0 Å². The van der Waals surface area contributed by atoms with Crippen molar-refractivity contribution in [2.75, 3.05) is 0 Å². The molecule has 0 aromatic heterocycles. The summed E-state index contributed by atoms with van der Waals surface area (Å²) in [6.07, 6.45) is 0. The number of sulfonamides is 1. The van der Waals surface area contributed by atoms with Crippen molar-refractivity contribution in [3.05, 3.63) is 34.9 Å². The molecule has 0 aliphatic carbocycles. The molecule has 0 saturated carbocycles. The molecule has 0 bridgehead atoms. The van der Waals surface area contributed by atoms with Gasteiger partial charge in [-0.15, -0.1) is 0 Å². The lowest BCUT2D eigenvalue weighted by Crippen LogP contribution is -2.16. The molecular weight excluding hydrogens is 212 g/mol. The van der Waals surface area contributed by atoms with Gasteiger partial charge in [-0.1, -0.05) is 0 Å². The van der Waals surface area contributed by atoms with E-state index in [0.717, 1.165) is 12.1 Å². The standard InChI is InChI=1S/C8H9F2NO2S/c1-5-2-7(9)6(8(10)3-5)4-14(11,12)13/h2-3H,4H2,1H3,(H2,11,12,13). The van der Waals surface area contributed by atoms with Crippen molar-refractivity contribution in [2.24, 2.45) is 5.14 Å². The molecule has 0 aliphatic heterocycles. The van der Waals surface area contributed by atoms with Crippen molar-refractivity contribution in [3.63, 3.8) is 0 Å². The van der Waals surface area contributed by atoms with Crippen LogP contribution in [-0.2, 0) is 15.8 Å². The fourth-order valence-corrected chi connectivity index (χ4v) is 1.75. The van der Waals surface area contributed by atoms with Gasteiger partial charge in [0.25, 0.3) is 0 Å². The van der Waals surface area contributed by atoms with Gasteiger partial charge in [0, 0.05) is 5.56 Å². The van der Waals surface area contributed by atoms with E-state index < -0.39 is 33.0 Å². The Labute approximate surface area is 80.6 Å². The Hall–Kier alpha value is -1.01. The molecule has 78 valence electrons. The maximum absolute atomic E-state index is 13.1. The molecule has 0 atom stereocenters. The minimum Gasteiger partial charge on any atom is -0.228 e. The summed E-state index contributed by atoms with van der Waals surface area (Å²) in [6, 6.07) is 2.12. The van der Waals surface area contributed by atoms with Crippen LogP contribution in [-0.4, -0.2) is 8.42 Å². The maximum Gasteiger partial charge on any atom is 0.213 e. The molecule has 0 amide bonds. The van der Waals surface area contributed by atoms with E-state index in [0.29, 0.717) is 5.56 Å². The van der Waals surface area contributed by atoms with Gasteiger partial charge >= 0.3 is 0 Å². The van der Waals surface area contributed by atoms with E-state index in [1.54, 1.807) is 0 Å². The average Bonchev–Trinajstić information content (AvgIpc) is 1.95. The first-order valence-corrected chi connectivity index (χ1v) is 5.46. The van der Waals surface area contributed by atoms with Gasteiger partial charge in [0.05, 0.1) is 5.75 Å². The SMILES string of the molecule is Cc1cc(F)c(CS(N)(=O)=O)c(F)c1. The number of benzene rings is 1. The zero-order valence-electron chi connectivity index (χ0n) is 7.42. The van der Waals surface area contributed by atoms with Crippen molar-refractivity contribution in [2.45, 2.75) is 12.7 Å². The first-order valence-electron chi connectivity index (χ1n) is 3.74. The highest BCUT2D eigenvalue weighted by molar-refractivity contribution is 7.88. The van der Waals surface area contributed by atoms with Crippen LogP contribution in [0.1, 0.15) is 11.1 Å². The molecule has 3 nitrogen and oxygen atoms in total. The van der Waals surface area contributed by atoms with Gasteiger partial charge in [-0.3, -0.25) is 0 Å². The number of aryl methyl sites for hydroxylation is 1. The fourth-order valence-electron chi connectivity index (χ4n) is 1.07. The molecule has 1 aromatic rings. The van der Waals surface area contributed by atoms with Crippen LogP contribution in [0.5, 0.6) is 0 Å². The lowest BCUT2D eigenvalue weighted by molar-refractivity contribution is 0.554. The Bertz CT molecular complexity index is 433. The number of hydrogen-bond donors (Lipinski definition) is 1. The van der Waals surface area contributed by atoms with Crippen LogP contribution < -0.4 is 5.14 Å². The van der Waals surface area contributed by atoms with Crippen molar-refractivity contribution in [3.8, 4) is 0 Å². The third kappa shape index (κ3) is 2.74. The second-order valence-electron chi connectivity index (χ2n) is 3.01. The summed E-state index contributed by atoms with van der Waals surface area (Å²) in [5.41, 5.74) is -0.128. The Morgan fingerprint density at radius 3 is 2.07 bits per heavy atom. The Balaban J connectivity index is 3.22. The van der Waals surface area contributed by atoms with E-state index in [9.17, 15) is 17.2 Å². The van der Waals surface area contributed by atoms with Gasteiger partial charge in [0.2, 0.25) is 10.0 Å². The molecule has 0 saturated heterocycles. The third-order valence-electron chi connectivity index (χ3n) is 1.63. The number of nitrogens with two attached hydrogens (primary N) is 1. The van der Waals surface area contributed by atoms with Gasteiger partial charge < -0.3 is 0 Å². The van der Waals surface area contributed by atoms with Gasteiger partial charge in [-0.2, -0.15) is 0 Å². The summed E-state index contributed by atoms with van der Waals surface area (Å²) in [5.74, 6) is -2.61. The predicted octanol–water partition coefficient (Wildman–Crippen LogP) is 1.06. The molecule has 1 aromatic carbocycles. The predicted molar refractivity (Wildman–Crippen MR) is 47.9 cm³/mol. The first-order chi connectivity index (χ1) is 6.29. The quantitative estimate of drug-likeness (QED) is 0.811. The molecule has 0 spiro atoms. The van der Waals surface area contributed by atoms with Crippen LogP contribution in [0.4, 0.5) is 8.78 Å². The van der Waals surface area contributed by atoms with E-state index in [-0.39, 0.29) is 0 Å². The van der Waals surface area contributed by atoms with Gasteiger partial charge in [0.15, 0.2) is 0 Å². The number of halogens is 2. The topological polar surface area (TPSA) is 60.2 Å². The molecule has 2 N–H and O–H groups in total. The lowest BCUT2D eigenvalue weighted by atomic mass is 10.1. The summed E-state index contributed by atoms with van der Waals surface area (Å²) >= 11 is 0. The average molecular weight is 221 g/mol. The first kappa shape index (κ1) is 11.1. The molecule has 0 radical (unpaired) electrons. The Morgan fingerprint density at radius 2 is 1.71 bits per heavy atom. The Morgan fingerprint density at radius 1 is 1.29 bits per heavy atom. The molecule has 14 heavy (non-hydrogen) atoms. The van der Waals surface area contributed by atoms with Crippen LogP contribution in [0.3, 0.4) is 0 Å². The fraction of sp³-hybridized carbons (Fsp3) is 0.250. The zero-order valence-corrected chi connectivity index (χ0v) is 8.24. The zero-order chi connectivity index (χ0) is 10.9. The third-order valence-corrected chi connectivity index (χ3v) is 2.32. The smallest absolute Gasteiger partial charge is 0.213 e. The molecule has 1 rings (SSSR count).